The van der Waals surface area contributed by atoms with Crippen LogP contribution in [-0.2, 0) is 30.5 Å². The van der Waals surface area contributed by atoms with Crippen molar-refractivity contribution in [3.05, 3.63) is 35.9 Å². The van der Waals surface area contributed by atoms with Crippen LogP contribution in [0.15, 0.2) is 30.3 Å². The van der Waals surface area contributed by atoms with Gasteiger partial charge in [-0.25, -0.2) is 0 Å². The number of rotatable bonds is 13. The number of aliphatic carboxylic acids is 3. The highest BCUT2D eigenvalue weighted by Gasteiger charge is 2.29. The van der Waals surface area contributed by atoms with Crippen LogP contribution in [0.25, 0.3) is 0 Å². The van der Waals surface area contributed by atoms with Gasteiger partial charge in [0, 0.05) is 0 Å². The third kappa shape index (κ3) is 8.60. The van der Waals surface area contributed by atoms with Crippen LogP contribution in [0.3, 0.4) is 0 Å². The number of ether oxygens (including phenoxy) is 1. The van der Waals surface area contributed by atoms with Crippen LogP contribution in [-0.4, -0.2) is 69.3 Å². The average molecular weight is 396 g/mol. The maximum absolute atomic E-state index is 11.9. The van der Waals surface area contributed by atoms with Gasteiger partial charge in [0.2, 0.25) is 0 Å². The zero-order valence-electron chi connectivity index (χ0n) is 15.2. The summed E-state index contributed by atoms with van der Waals surface area (Å²) in [5, 5.41) is 27.0. The third-order valence-corrected chi connectivity index (χ3v) is 3.92. The first-order chi connectivity index (χ1) is 13.2. The van der Waals surface area contributed by atoms with Crippen molar-refractivity contribution in [1.29, 1.82) is 0 Å². The number of nitrogens with zero attached hydrogens (tertiary/aromatic N) is 1. The molecule has 0 spiro atoms. The molecule has 28 heavy (non-hydrogen) atoms. The van der Waals surface area contributed by atoms with Crippen molar-refractivity contribution >= 4 is 23.9 Å². The van der Waals surface area contributed by atoms with Crippen molar-refractivity contribution in [2.75, 3.05) is 13.1 Å². The summed E-state index contributed by atoms with van der Waals surface area (Å²) in [7, 11) is 0. The molecule has 0 aromatic heterocycles. The molecule has 0 aliphatic heterocycles. The van der Waals surface area contributed by atoms with E-state index >= 15 is 0 Å². The minimum absolute atomic E-state index is 0.0600. The third-order valence-electron chi connectivity index (χ3n) is 3.92. The SMILES string of the molecule is NC(CCC[C@@H](C(=O)O)N(CC(=O)O)CC(=O)O)C(=O)OCc1ccccc1. The summed E-state index contributed by atoms with van der Waals surface area (Å²) in [6.45, 7) is -1.39. The summed E-state index contributed by atoms with van der Waals surface area (Å²) in [4.78, 5) is 45.9. The van der Waals surface area contributed by atoms with Gasteiger partial charge >= 0.3 is 23.9 Å². The van der Waals surface area contributed by atoms with Crippen molar-refractivity contribution in [2.45, 2.75) is 38.0 Å². The quantitative estimate of drug-likeness (QED) is 0.337. The molecule has 1 aromatic carbocycles. The minimum atomic E-state index is -1.34. The lowest BCUT2D eigenvalue weighted by atomic mass is 10.0. The van der Waals surface area contributed by atoms with Crippen molar-refractivity contribution in [2.24, 2.45) is 5.73 Å². The van der Waals surface area contributed by atoms with Crippen LogP contribution in [0.2, 0.25) is 0 Å². The molecule has 0 radical (unpaired) electrons. The van der Waals surface area contributed by atoms with E-state index < -0.39 is 49.1 Å². The molecule has 0 heterocycles. The second kappa shape index (κ2) is 11.7. The predicted octanol–water partition coefficient (Wildman–Crippen LogP) is 0.152. The van der Waals surface area contributed by atoms with Gasteiger partial charge in [0.1, 0.15) is 18.7 Å². The largest absolute Gasteiger partial charge is 0.480 e. The highest BCUT2D eigenvalue weighted by Crippen LogP contribution is 2.12. The monoisotopic (exact) mass is 396 g/mol. The van der Waals surface area contributed by atoms with E-state index in [0.717, 1.165) is 10.5 Å². The lowest BCUT2D eigenvalue weighted by Crippen LogP contribution is -2.46. The van der Waals surface area contributed by atoms with E-state index in [1.54, 1.807) is 24.3 Å². The standard InChI is InChI=1S/C18H24N2O8/c19-13(18(27)28-11-12-5-2-1-3-6-12)7-4-8-14(17(25)26)20(9-15(21)22)10-16(23)24/h1-3,5-6,13-14H,4,7-11,19H2,(H,21,22)(H,23,24)(H,25,26)/t13?,14-/m0/s1. The molecule has 0 amide bonds. The Kier molecular flexibility index (Phi) is 9.61. The number of carbonyl (C=O) groups is 4. The molecule has 0 saturated carbocycles. The normalized spacial score (nSPS) is 12.9. The van der Waals surface area contributed by atoms with Crippen LogP contribution in [0, 0.1) is 0 Å². The highest BCUT2D eigenvalue weighted by molar-refractivity contribution is 5.78. The first-order valence-electron chi connectivity index (χ1n) is 8.57. The van der Waals surface area contributed by atoms with Gasteiger partial charge in [-0.15, -0.1) is 0 Å². The van der Waals surface area contributed by atoms with E-state index in [1.807, 2.05) is 6.07 Å². The number of hydrogen-bond acceptors (Lipinski definition) is 7. The number of nitrogens with two attached hydrogens (primary N) is 1. The molecule has 1 unspecified atom stereocenters. The fourth-order valence-corrected chi connectivity index (χ4v) is 2.57. The van der Waals surface area contributed by atoms with E-state index in [2.05, 4.69) is 0 Å². The first-order valence-corrected chi connectivity index (χ1v) is 8.57. The van der Waals surface area contributed by atoms with E-state index in [0.29, 0.717) is 0 Å². The fourth-order valence-electron chi connectivity index (χ4n) is 2.57. The zero-order chi connectivity index (χ0) is 21.1. The zero-order valence-corrected chi connectivity index (χ0v) is 15.2. The van der Waals surface area contributed by atoms with Crippen molar-refractivity contribution in [3.8, 4) is 0 Å². The highest BCUT2D eigenvalue weighted by atomic mass is 16.5. The molecule has 0 aliphatic carbocycles. The maximum Gasteiger partial charge on any atom is 0.323 e. The van der Waals surface area contributed by atoms with E-state index in [-0.39, 0.29) is 25.9 Å². The average Bonchev–Trinajstić information content (AvgIpc) is 2.62. The molecule has 0 fully saturated rings. The Balaban J connectivity index is 2.53. The molecular formula is C18H24N2O8. The Morgan fingerprint density at radius 1 is 0.964 bits per heavy atom. The number of carboxylic acids is 3. The summed E-state index contributed by atoms with van der Waals surface area (Å²) < 4.78 is 5.10. The van der Waals surface area contributed by atoms with Gasteiger partial charge in [0.15, 0.2) is 0 Å². The number of carboxylic acid groups (broad SMARTS) is 3. The topological polar surface area (TPSA) is 167 Å². The van der Waals surface area contributed by atoms with E-state index in [1.165, 1.54) is 0 Å². The van der Waals surface area contributed by atoms with Crippen molar-refractivity contribution < 1.29 is 39.2 Å². The van der Waals surface area contributed by atoms with Gasteiger partial charge in [-0.2, -0.15) is 0 Å². The second-order valence-electron chi connectivity index (χ2n) is 6.18. The molecule has 0 saturated heterocycles. The smallest absolute Gasteiger partial charge is 0.323 e. The second-order valence-corrected chi connectivity index (χ2v) is 6.18. The van der Waals surface area contributed by atoms with Gasteiger partial charge in [-0.3, -0.25) is 24.1 Å². The lowest BCUT2D eigenvalue weighted by molar-refractivity contribution is -0.149. The Bertz CT molecular complexity index is 663. The fraction of sp³-hybridized carbons (Fsp3) is 0.444. The van der Waals surface area contributed by atoms with Gasteiger partial charge in [-0.05, 0) is 24.8 Å². The molecule has 1 aromatic rings. The Labute approximate surface area is 161 Å². The molecule has 10 heteroatoms. The summed E-state index contributed by atoms with van der Waals surface area (Å²) >= 11 is 0. The molecule has 1 rings (SSSR count). The molecule has 0 bridgehead atoms. The first kappa shape index (κ1) is 23.1. The summed E-state index contributed by atoms with van der Waals surface area (Å²) in [6.07, 6.45) is 0.231. The van der Waals surface area contributed by atoms with E-state index in [9.17, 15) is 24.3 Å². The van der Waals surface area contributed by atoms with Gasteiger partial charge in [0.05, 0.1) is 13.1 Å². The van der Waals surface area contributed by atoms with Crippen LogP contribution in [0.4, 0.5) is 0 Å². The minimum Gasteiger partial charge on any atom is -0.480 e. The number of esters is 1. The predicted molar refractivity (Wildman–Crippen MR) is 96.3 cm³/mol. The summed E-state index contributed by atoms with van der Waals surface area (Å²) in [5.74, 6) is -4.66. The van der Waals surface area contributed by atoms with Crippen LogP contribution >= 0.6 is 0 Å². The van der Waals surface area contributed by atoms with Gasteiger partial charge < -0.3 is 25.8 Å². The van der Waals surface area contributed by atoms with Gasteiger partial charge in [-0.1, -0.05) is 30.3 Å². The van der Waals surface area contributed by atoms with E-state index in [4.69, 9.17) is 20.7 Å². The molecule has 154 valence electrons. The van der Waals surface area contributed by atoms with Crippen molar-refractivity contribution in [1.82, 2.24) is 4.90 Å². The number of benzene rings is 1. The summed E-state index contributed by atoms with van der Waals surface area (Å²) in [6, 6.07) is 6.72. The van der Waals surface area contributed by atoms with Crippen LogP contribution in [0.5, 0.6) is 0 Å². The molecule has 10 nitrogen and oxygen atoms in total. The number of carbonyl (C=O) groups excluding carboxylic acids is 1. The molecule has 2 atom stereocenters. The molecule has 5 N–H and O–H groups in total. The molecule has 0 aliphatic rings. The van der Waals surface area contributed by atoms with Crippen LogP contribution in [0.1, 0.15) is 24.8 Å². The lowest BCUT2D eigenvalue weighted by Gasteiger charge is -2.25. The Hall–Kier alpha value is -2.98. The van der Waals surface area contributed by atoms with Gasteiger partial charge in [0.25, 0.3) is 0 Å². The summed E-state index contributed by atoms with van der Waals surface area (Å²) in [5.41, 5.74) is 6.56. The Morgan fingerprint density at radius 3 is 2.04 bits per heavy atom. The Morgan fingerprint density at radius 2 is 1.54 bits per heavy atom. The molecular weight excluding hydrogens is 372 g/mol. The van der Waals surface area contributed by atoms with Crippen molar-refractivity contribution in [3.63, 3.8) is 0 Å². The number of hydrogen-bond donors (Lipinski definition) is 4. The maximum atomic E-state index is 11.9. The van der Waals surface area contributed by atoms with Crippen LogP contribution < -0.4 is 5.73 Å².